The van der Waals surface area contributed by atoms with Crippen LogP contribution in [0.15, 0.2) is 11.4 Å². The molecule has 11 heavy (non-hydrogen) atoms. The van der Waals surface area contributed by atoms with Crippen molar-refractivity contribution in [3.05, 3.63) is 16.3 Å². The van der Waals surface area contributed by atoms with Gasteiger partial charge in [0.25, 0.3) is 0 Å². The molecular formula is C7H9NO2S. The summed E-state index contributed by atoms with van der Waals surface area (Å²) in [5.41, 5.74) is 5.02. The molecule has 2 N–H and O–H groups in total. The van der Waals surface area contributed by atoms with Crippen LogP contribution in [-0.4, -0.2) is 13.0 Å². The van der Waals surface area contributed by atoms with Crippen molar-refractivity contribution in [1.82, 2.24) is 0 Å². The molecule has 1 amide bonds. The van der Waals surface area contributed by atoms with E-state index in [2.05, 4.69) is 0 Å². The van der Waals surface area contributed by atoms with Crippen LogP contribution in [0.5, 0.6) is 5.75 Å². The minimum absolute atomic E-state index is 0.265. The summed E-state index contributed by atoms with van der Waals surface area (Å²) >= 11 is 1.48. The van der Waals surface area contributed by atoms with E-state index in [0.29, 0.717) is 0 Å². The van der Waals surface area contributed by atoms with E-state index in [0.717, 1.165) is 10.6 Å². The fourth-order valence-electron chi connectivity index (χ4n) is 0.798. The average Bonchev–Trinajstić information content (AvgIpc) is 2.34. The second-order valence-electron chi connectivity index (χ2n) is 2.06. The highest BCUT2D eigenvalue weighted by molar-refractivity contribution is 7.10. The molecule has 0 fully saturated rings. The summed E-state index contributed by atoms with van der Waals surface area (Å²) in [7, 11) is 1.58. The largest absolute Gasteiger partial charge is 0.496 e. The number of hydrogen-bond acceptors (Lipinski definition) is 3. The summed E-state index contributed by atoms with van der Waals surface area (Å²) in [5, 5.41) is 1.87. The lowest BCUT2D eigenvalue weighted by molar-refractivity contribution is -0.117. The number of carbonyl (C=O) groups excluding carboxylic acids is 1. The minimum atomic E-state index is -0.328. The first kappa shape index (κ1) is 8.07. The van der Waals surface area contributed by atoms with Gasteiger partial charge < -0.3 is 10.5 Å². The molecule has 0 aromatic carbocycles. The molecule has 0 aliphatic carbocycles. The highest BCUT2D eigenvalue weighted by Gasteiger charge is 2.06. The van der Waals surface area contributed by atoms with Gasteiger partial charge in [0.1, 0.15) is 5.75 Å². The number of hydrogen-bond donors (Lipinski definition) is 1. The zero-order chi connectivity index (χ0) is 8.27. The van der Waals surface area contributed by atoms with Crippen LogP contribution in [-0.2, 0) is 11.2 Å². The summed E-state index contributed by atoms with van der Waals surface area (Å²) in [6, 6.07) is 1.82. The normalized spacial score (nSPS) is 9.55. The van der Waals surface area contributed by atoms with Crippen molar-refractivity contribution in [2.24, 2.45) is 5.73 Å². The van der Waals surface area contributed by atoms with Crippen LogP contribution in [0, 0.1) is 0 Å². The van der Waals surface area contributed by atoms with Gasteiger partial charge in [0.15, 0.2) is 0 Å². The molecule has 0 bridgehead atoms. The fraction of sp³-hybridized carbons (Fsp3) is 0.286. The molecule has 60 valence electrons. The molecule has 1 aromatic rings. The smallest absolute Gasteiger partial charge is 0.222 e. The van der Waals surface area contributed by atoms with E-state index in [1.54, 1.807) is 7.11 Å². The van der Waals surface area contributed by atoms with Gasteiger partial charge in [-0.15, -0.1) is 11.3 Å². The number of nitrogens with two attached hydrogens (primary N) is 1. The minimum Gasteiger partial charge on any atom is -0.496 e. The highest BCUT2D eigenvalue weighted by Crippen LogP contribution is 2.24. The third-order valence-corrected chi connectivity index (χ3v) is 2.16. The Balaban J connectivity index is 2.76. The quantitative estimate of drug-likeness (QED) is 0.730. The molecule has 1 rings (SSSR count). The molecule has 0 saturated carbocycles. The van der Waals surface area contributed by atoms with Gasteiger partial charge in [0.05, 0.1) is 18.4 Å². The molecule has 0 spiro atoms. The van der Waals surface area contributed by atoms with E-state index >= 15 is 0 Å². The van der Waals surface area contributed by atoms with E-state index in [1.807, 2.05) is 11.4 Å². The second kappa shape index (κ2) is 3.39. The molecule has 0 saturated heterocycles. The fourth-order valence-corrected chi connectivity index (χ4v) is 1.65. The lowest BCUT2D eigenvalue weighted by Crippen LogP contribution is -2.13. The molecule has 4 heteroatoms. The van der Waals surface area contributed by atoms with Crippen LogP contribution >= 0.6 is 11.3 Å². The summed E-state index contributed by atoms with van der Waals surface area (Å²) in [6.07, 6.45) is 0.265. The number of ether oxygens (including phenoxy) is 1. The Morgan fingerprint density at radius 1 is 1.82 bits per heavy atom. The molecule has 0 aliphatic heterocycles. The first-order valence-electron chi connectivity index (χ1n) is 3.12. The topological polar surface area (TPSA) is 52.3 Å². The van der Waals surface area contributed by atoms with Crippen LogP contribution in [0.25, 0.3) is 0 Å². The first-order chi connectivity index (χ1) is 5.24. The van der Waals surface area contributed by atoms with E-state index in [9.17, 15) is 4.79 Å². The van der Waals surface area contributed by atoms with Crippen molar-refractivity contribution >= 4 is 17.2 Å². The van der Waals surface area contributed by atoms with E-state index < -0.39 is 0 Å². The summed E-state index contributed by atoms with van der Waals surface area (Å²) in [4.78, 5) is 11.4. The van der Waals surface area contributed by atoms with E-state index in [-0.39, 0.29) is 12.3 Å². The molecular weight excluding hydrogens is 162 g/mol. The van der Waals surface area contributed by atoms with Crippen molar-refractivity contribution in [3.63, 3.8) is 0 Å². The Bertz CT molecular complexity index is 257. The number of carbonyl (C=O) groups is 1. The van der Waals surface area contributed by atoms with Gasteiger partial charge in [-0.3, -0.25) is 4.79 Å². The van der Waals surface area contributed by atoms with Crippen molar-refractivity contribution < 1.29 is 9.53 Å². The van der Waals surface area contributed by atoms with E-state index in [4.69, 9.17) is 10.5 Å². The Hall–Kier alpha value is -1.03. The summed E-state index contributed by atoms with van der Waals surface area (Å²) in [6.45, 7) is 0. The molecule has 3 nitrogen and oxygen atoms in total. The third-order valence-electron chi connectivity index (χ3n) is 1.26. The van der Waals surface area contributed by atoms with Crippen LogP contribution in [0.3, 0.4) is 0 Å². The Morgan fingerprint density at radius 3 is 3.09 bits per heavy atom. The van der Waals surface area contributed by atoms with Gasteiger partial charge in [-0.05, 0) is 11.4 Å². The second-order valence-corrected chi connectivity index (χ2v) is 3.06. The number of amides is 1. The van der Waals surface area contributed by atoms with Gasteiger partial charge >= 0.3 is 0 Å². The number of methoxy groups -OCH3 is 1. The third kappa shape index (κ3) is 1.94. The van der Waals surface area contributed by atoms with E-state index in [1.165, 1.54) is 11.3 Å². The first-order valence-corrected chi connectivity index (χ1v) is 4.00. The predicted molar refractivity (Wildman–Crippen MR) is 43.8 cm³/mol. The van der Waals surface area contributed by atoms with Gasteiger partial charge in [0, 0.05) is 0 Å². The van der Waals surface area contributed by atoms with Crippen molar-refractivity contribution in [3.8, 4) is 5.75 Å². The monoisotopic (exact) mass is 171 g/mol. The van der Waals surface area contributed by atoms with Gasteiger partial charge in [0.2, 0.25) is 5.91 Å². The lowest BCUT2D eigenvalue weighted by atomic mass is 10.3. The zero-order valence-corrected chi connectivity index (χ0v) is 6.98. The SMILES string of the molecule is COc1ccsc1CC(N)=O. The number of thiophene rings is 1. The maximum atomic E-state index is 10.5. The Kier molecular flexibility index (Phi) is 2.48. The van der Waals surface area contributed by atoms with Gasteiger partial charge in [-0.25, -0.2) is 0 Å². The van der Waals surface area contributed by atoms with Gasteiger partial charge in [-0.2, -0.15) is 0 Å². The predicted octanol–water partition coefficient (Wildman–Crippen LogP) is 0.784. The summed E-state index contributed by atoms with van der Waals surface area (Å²) < 4.78 is 4.99. The maximum Gasteiger partial charge on any atom is 0.222 e. The molecule has 0 radical (unpaired) electrons. The molecule has 1 heterocycles. The lowest BCUT2D eigenvalue weighted by Gasteiger charge is -1.97. The van der Waals surface area contributed by atoms with Crippen molar-refractivity contribution in [2.75, 3.05) is 7.11 Å². The average molecular weight is 171 g/mol. The van der Waals surface area contributed by atoms with Gasteiger partial charge in [-0.1, -0.05) is 0 Å². The Labute approximate surface area is 68.8 Å². The molecule has 0 atom stereocenters. The van der Waals surface area contributed by atoms with Crippen LogP contribution in [0.1, 0.15) is 4.88 Å². The molecule has 1 aromatic heterocycles. The number of primary amides is 1. The summed E-state index contributed by atoms with van der Waals surface area (Å²) in [5.74, 6) is 0.416. The van der Waals surface area contributed by atoms with Crippen molar-refractivity contribution in [1.29, 1.82) is 0 Å². The zero-order valence-electron chi connectivity index (χ0n) is 6.16. The number of rotatable bonds is 3. The van der Waals surface area contributed by atoms with Crippen LogP contribution in [0.4, 0.5) is 0 Å². The maximum absolute atomic E-state index is 10.5. The highest BCUT2D eigenvalue weighted by atomic mass is 32.1. The van der Waals surface area contributed by atoms with Crippen LogP contribution < -0.4 is 10.5 Å². The molecule has 0 aliphatic rings. The van der Waals surface area contributed by atoms with Crippen LogP contribution in [0.2, 0.25) is 0 Å². The Morgan fingerprint density at radius 2 is 2.55 bits per heavy atom. The standard InChI is InChI=1S/C7H9NO2S/c1-10-5-2-3-11-6(5)4-7(8)9/h2-3H,4H2,1H3,(H2,8,9). The molecule has 0 unspecified atom stereocenters. The van der Waals surface area contributed by atoms with Crippen molar-refractivity contribution in [2.45, 2.75) is 6.42 Å².